The first kappa shape index (κ1) is 22.5. The molecule has 1 fully saturated rings. The molecule has 2 aromatic rings. The molecule has 0 radical (unpaired) electrons. The smallest absolute Gasteiger partial charge is 0.293 e. The van der Waals surface area contributed by atoms with Gasteiger partial charge in [0, 0.05) is 24.7 Å². The van der Waals surface area contributed by atoms with E-state index >= 15 is 0 Å². The van der Waals surface area contributed by atoms with Crippen LogP contribution in [-0.4, -0.2) is 34.1 Å². The Morgan fingerprint density at radius 1 is 1.26 bits per heavy atom. The fourth-order valence-electron chi connectivity index (χ4n) is 3.56. The Bertz CT molecular complexity index is 1010. The average Bonchev–Trinajstić information content (AvgIpc) is 3.28. The summed E-state index contributed by atoms with van der Waals surface area (Å²) in [4.78, 5) is 25.7. The normalized spacial score (nSPS) is 14.2. The average molecular weight is 443 g/mol. The molecule has 2 aromatic carbocycles. The third-order valence-electron chi connectivity index (χ3n) is 5.56. The molecule has 31 heavy (non-hydrogen) atoms. The Hall–Kier alpha value is -3.20. The van der Waals surface area contributed by atoms with E-state index in [1.54, 1.807) is 24.3 Å². The van der Waals surface area contributed by atoms with Gasteiger partial charge < -0.3 is 15.3 Å². The zero-order valence-corrected chi connectivity index (χ0v) is 18.4. The molecule has 1 unspecified atom stereocenters. The van der Waals surface area contributed by atoms with Crippen molar-refractivity contribution in [3.8, 4) is 5.75 Å². The van der Waals surface area contributed by atoms with Crippen molar-refractivity contribution < 1.29 is 14.8 Å². The lowest BCUT2D eigenvalue weighted by Gasteiger charge is -2.18. The number of carbonyl (C=O) groups excluding carboxylic acids is 1. The van der Waals surface area contributed by atoms with Gasteiger partial charge in [-0.3, -0.25) is 20.2 Å². The van der Waals surface area contributed by atoms with Crippen molar-refractivity contribution in [2.75, 3.05) is 23.3 Å². The standard InChI is InChI=1S/C22H26N4O4S/c1-3-14(2)15-7-9-20(27)17(12-15)23-22(31)24-21(28)16-6-8-18(19(13-16)26(29)30)25-10-4-5-11-25/h6-9,12-14,27H,3-5,10-11H2,1-2H3,(H2,23,24,28,31). The monoisotopic (exact) mass is 442 g/mol. The zero-order chi connectivity index (χ0) is 22.5. The largest absolute Gasteiger partial charge is 0.506 e. The third kappa shape index (κ3) is 5.29. The van der Waals surface area contributed by atoms with Gasteiger partial charge in [-0.25, -0.2) is 0 Å². The highest BCUT2D eigenvalue weighted by atomic mass is 32.1. The van der Waals surface area contributed by atoms with E-state index in [2.05, 4.69) is 24.5 Å². The highest BCUT2D eigenvalue weighted by Gasteiger charge is 2.24. The van der Waals surface area contributed by atoms with Crippen LogP contribution in [0.25, 0.3) is 0 Å². The maximum atomic E-state index is 12.6. The van der Waals surface area contributed by atoms with E-state index in [1.165, 1.54) is 6.07 Å². The number of aromatic hydroxyl groups is 1. The van der Waals surface area contributed by atoms with Crippen molar-refractivity contribution in [2.45, 2.75) is 39.0 Å². The van der Waals surface area contributed by atoms with Crippen LogP contribution < -0.4 is 15.5 Å². The summed E-state index contributed by atoms with van der Waals surface area (Å²) in [6.07, 6.45) is 2.92. The molecule has 164 valence electrons. The van der Waals surface area contributed by atoms with E-state index in [0.29, 0.717) is 17.3 Å². The van der Waals surface area contributed by atoms with Crippen molar-refractivity contribution in [3.05, 3.63) is 57.6 Å². The fourth-order valence-corrected chi connectivity index (χ4v) is 3.76. The Morgan fingerprint density at radius 2 is 1.97 bits per heavy atom. The maximum Gasteiger partial charge on any atom is 0.293 e. The molecule has 1 heterocycles. The highest BCUT2D eigenvalue weighted by Crippen LogP contribution is 2.32. The number of nitrogens with one attached hydrogen (secondary N) is 2. The van der Waals surface area contributed by atoms with Crippen LogP contribution in [0.1, 0.15) is 54.9 Å². The zero-order valence-electron chi connectivity index (χ0n) is 17.6. The van der Waals surface area contributed by atoms with E-state index in [-0.39, 0.29) is 22.1 Å². The van der Waals surface area contributed by atoms with E-state index in [9.17, 15) is 20.0 Å². The van der Waals surface area contributed by atoms with Crippen molar-refractivity contribution in [3.63, 3.8) is 0 Å². The molecule has 3 rings (SSSR count). The van der Waals surface area contributed by atoms with Gasteiger partial charge in [-0.1, -0.05) is 19.9 Å². The summed E-state index contributed by atoms with van der Waals surface area (Å²) < 4.78 is 0. The Morgan fingerprint density at radius 3 is 2.61 bits per heavy atom. The topological polar surface area (TPSA) is 108 Å². The van der Waals surface area contributed by atoms with Crippen molar-refractivity contribution in [1.29, 1.82) is 0 Å². The number of phenolic OH excluding ortho intramolecular Hbond substituents is 1. The first-order valence-electron chi connectivity index (χ1n) is 10.3. The van der Waals surface area contributed by atoms with Crippen LogP contribution in [0.15, 0.2) is 36.4 Å². The van der Waals surface area contributed by atoms with Crippen LogP contribution in [-0.2, 0) is 0 Å². The molecule has 0 aromatic heterocycles. The molecule has 0 bridgehead atoms. The molecule has 0 saturated carbocycles. The van der Waals surface area contributed by atoms with Crippen LogP contribution in [0.2, 0.25) is 0 Å². The molecule has 1 aliphatic heterocycles. The lowest BCUT2D eigenvalue weighted by molar-refractivity contribution is -0.384. The van der Waals surface area contributed by atoms with Crippen LogP contribution in [0.4, 0.5) is 17.1 Å². The predicted molar refractivity (Wildman–Crippen MR) is 125 cm³/mol. The molecule has 1 saturated heterocycles. The summed E-state index contributed by atoms with van der Waals surface area (Å²) in [5.74, 6) is -0.251. The van der Waals surface area contributed by atoms with Gasteiger partial charge in [-0.05, 0) is 67.2 Å². The first-order valence-corrected chi connectivity index (χ1v) is 10.7. The third-order valence-corrected chi connectivity index (χ3v) is 5.76. The number of hydrogen-bond acceptors (Lipinski definition) is 6. The Balaban J connectivity index is 1.73. The van der Waals surface area contributed by atoms with Gasteiger partial charge in [0.05, 0.1) is 10.6 Å². The number of rotatable bonds is 6. The van der Waals surface area contributed by atoms with E-state index in [4.69, 9.17) is 12.2 Å². The number of thiocarbonyl (C=S) groups is 1. The number of nitro groups is 1. The van der Waals surface area contributed by atoms with Gasteiger partial charge in [-0.15, -0.1) is 0 Å². The minimum Gasteiger partial charge on any atom is -0.506 e. The lowest BCUT2D eigenvalue weighted by atomic mass is 9.98. The molecule has 1 atom stereocenters. The minimum atomic E-state index is -0.564. The lowest BCUT2D eigenvalue weighted by Crippen LogP contribution is -2.34. The molecule has 1 aliphatic rings. The fraction of sp³-hybridized carbons (Fsp3) is 0.364. The number of nitrogens with zero attached hydrogens (tertiary/aromatic N) is 2. The molecular weight excluding hydrogens is 416 g/mol. The minimum absolute atomic E-state index is 0.00660. The maximum absolute atomic E-state index is 12.6. The summed E-state index contributed by atoms with van der Waals surface area (Å²) >= 11 is 5.21. The number of anilines is 2. The number of hydrogen-bond donors (Lipinski definition) is 3. The summed E-state index contributed by atoms with van der Waals surface area (Å²) in [6.45, 7) is 5.68. The predicted octanol–water partition coefficient (Wildman–Crippen LogP) is 4.54. The number of nitro benzene ring substituents is 1. The first-order chi connectivity index (χ1) is 14.8. The van der Waals surface area contributed by atoms with E-state index in [1.807, 2.05) is 11.0 Å². The summed E-state index contributed by atoms with van der Waals surface area (Å²) in [5.41, 5.74) is 1.97. The second-order valence-corrected chi connectivity index (χ2v) is 8.06. The summed E-state index contributed by atoms with van der Waals surface area (Å²) in [6, 6.07) is 9.65. The van der Waals surface area contributed by atoms with Crippen LogP contribution in [0.5, 0.6) is 5.75 Å². The van der Waals surface area contributed by atoms with Gasteiger partial charge in [0.2, 0.25) is 0 Å². The van der Waals surface area contributed by atoms with Gasteiger partial charge in [0.15, 0.2) is 5.11 Å². The Labute approximate surface area is 186 Å². The second-order valence-electron chi connectivity index (χ2n) is 7.65. The van der Waals surface area contributed by atoms with Crippen LogP contribution in [0, 0.1) is 10.1 Å². The number of amides is 1. The van der Waals surface area contributed by atoms with Gasteiger partial charge in [0.1, 0.15) is 11.4 Å². The van der Waals surface area contributed by atoms with Gasteiger partial charge in [0.25, 0.3) is 11.6 Å². The van der Waals surface area contributed by atoms with Crippen molar-refractivity contribution in [2.24, 2.45) is 0 Å². The molecule has 0 spiro atoms. The molecule has 3 N–H and O–H groups in total. The van der Waals surface area contributed by atoms with Gasteiger partial charge in [-0.2, -0.15) is 0 Å². The van der Waals surface area contributed by atoms with Crippen molar-refractivity contribution in [1.82, 2.24) is 5.32 Å². The molecule has 8 nitrogen and oxygen atoms in total. The molecule has 0 aliphatic carbocycles. The molecular formula is C22H26N4O4S. The highest BCUT2D eigenvalue weighted by molar-refractivity contribution is 7.80. The number of phenols is 1. The van der Waals surface area contributed by atoms with Gasteiger partial charge >= 0.3 is 0 Å². The van der Waals surface area contributed by atoms with E-state index in [0.717, 1.165) is 37.9 Å². The Kier molecular flexibility index (Phi) is 7.06. The number of benzene rings is 2. The second kappa shape index (κ2) is 9.74. The quantitative estimate of drug-likeness (QED) is 0.261. The number of carbonyl (C=O) groups is 1. The molecule has 9 heteroatoms. The van der Waals surface area contributed by atoms with Crippen LogP contribution >= 0.6 is 12.2 Å². The summed E-state index contributed by atoms with van der Waals surface area (Å²) in [5, 5.41) is 27.0. The van der Waals surface area contributed by atoms with Crippen LogP contribution in [0.3, 0.4) is 0 Å². The van der Waals surface area contributed by atoms with Crippen molar-refractivity contribution >= 4 is 40.3 Å². The molecule has 1 amide bonds. The summed E-state index contributed by atoms with van der Waals surface area (Å²) in [7, 11) is 0. The van der Waals surface area contributed by atoms with E-state index < -0.39 is 10.8 Å². The SMILES string of the molecule is CCC(C)c1ccc(O)c(NC(=S)NC(=O)c2ccc(N3CCCC3)c([N+](=O)[O-])c2)c1.